The molecule has 0 bridgehead atoms. The number of ether oxygens (including phenoxy) is 1. The monoisotopic (exact) mass is 300 g/mol. The molecular weight excluding hydrogens is 279 g/mol. The molecule has 1 aliphatic heterocycles. The molecule has 0 aromatic heterocycles. The van der Waals surface area contributed by atoms with Crippen LogP contribution in [0.15, 0.2) is 18.2 Å². The quantitative estimate of drug-likeness (QED) is 0.929. The molecule has 112 valence electrons. The molecule has 1 aliphatic rings. The molecule has 2 atom stereocenters. The highest BCUT2D eigenvalue weighted by Gasteiger charge is 2.34. The summed E-state index contributed by atoms with van der Waals surface area (Å²) in [6, 6.07) is 4.51. The lowest BCUT2D eigenvalue weighted by atomic mass is 9.92. The summed E-state index contributed by atoms with van der Waals surface area (Å²) in [5, 5.41) is 0.435. The van der Waals surface area contributed by atoms with E-state index in [1.54, 1.807) is 13.2 Å². The summed E-state index contributed by atoms with van der Waals surface area (Å²) < 4.78 is 18.8. The van der Waals surface area contributed by atoms with Gasteiger partial charge in [-0.2, -0.15) is 0 Å². The largest absolute Gasteiger partial charge is 0.377 e. The van der Waals surface area contributed by atoms with E-state index in [-0.39, 0.29) is 17.5 Å². The molecule has 0 saturated carbocycles. The van der Waals surface area contributed by atoms with Crippen LogP contribution < -0.4 is 5.73 Å². The van der Waals surface area contributed by atoms with Crippen molar-refractivity contribution in [1.82, 2.24) is 4.90 Å². The van der Waals surface area contributed by atoms with Gasteiger partial charge < -0.3 is 10.5 Å². The lowest BCUT2D eigenvalue weighted by molar-refractivity contribution is -0.0608. The van der Waals surface area contributed by atoms with Crippen molar-refractivity contribution in [3.05, 3.63) is 34.6 Å². The first-order chi connectivity index (χ1) is 9.49. The van der Waals surface area contributed by atoms with Crippen LogP contribution >= 0.6 is 11.6 Å². The third-order valence-corrected chi connectivity index (χ3v) is 4.49. The minimum absolute atomic E-state index is 0.00197. The van der Waals surface area contributed by atoms with Gasteiger partial charge in [0.05, 0.1) is 5.60 Å². The fourth-order valence-electron chi connectivity index (χ4n) is 2.92. The van der Waals surface area contributed by atoms with Gasteiger partial charge in [-0.1, -0.05) is 17.7 Å². The molecule has 1 heterocycles. The van der Waals surface area contributed by atoms with Gasteiger partial charge in [-0.15, -0.1) is 0 Å². The smallest absolute Gasteiger partial charge is 0.124 e. The highest BCUT2D eigenvalue weighted by molar-refractivity contribution is 6.31. The fraction of sp³-hybridized carbons (Fsp3) is 0.600. The zero-order valence-corrected chi connectivity index (χ0v) is 12.8. The van der Waals surface area contributed by atoms with E-state index in [2.05, 4.69) is 11.8 Å². The van der Waals surface area contributed by atoms with Gasteiger partial charge in [-0.3, -0.25) is 4.90 Å². The normalized spacial score (nSPS) is 25.6. The van der Waals surface area contributed by atoms with Crippen LogP contribution in [0.2, 0.25) is 5.02 Å². The Bertz CT molecular complexity index is 471. The van der Waals surface area contributed by atoms with E-state index in [9.17, 15) is 4.39 Å². The predicted octanol–water partition coefficient (Wildman–Crippen LogP) is 2.98. The summed E-state index contributed by atoms with van der Waals surface area (Å²) in [4.78, 5) is 2.28. The van der Waals surface area contributed by atoms with Crippen molar-refractivity contribution >= 4 is 11.6 Å². The highest BCUT2D eigenvalue weighted by atomic mass is 35.5. The second-order valence-electron chi connectivity index (χ2n) is 5.65. The Morgan fingerprint density at radius 3 is 2.90 bits per heavy atom. The van der Waals surface area contributed by atoms with E-state index >= 15 is 0 Å². The minimum atomic E-state index is -0.324. The Hall–Kier alpha value is -0.680. The summed E-state index contributed by atoms with van der Waals surface area (Å²) in [5.41, 5.74) is 6.67. The number of hydrogen-bond acceptors (Lipinski definition) is 3. The number of halogens is 2. The van der Waals surface area contributed by atoms with E-state index in [4.69, 9.17) is 22.1 Å². The van der Waals surface area contributed by atoms with Gasteiger partial charge >= 0.3 is 0 Å². The van der Waals surface area contributed by atoms with Crippen LogP contribution in [-0.2, 0) is 4.74 Å². The van der Waals surface area contributed by atoms with E-state index in [0.29, 0.717) is 11.6 Å². The van der Waals surface area contributed by atoms with Crippen molar-refractivity contribution in [1.29, 1.82) is 0 Å². The second kappa shape index (κ2) is 6.39. The standard InChI is InChI=1S/C15H22ClFN2O/c1-15(20-2)6-3-7-19(10-15)14(9-18)12-5-4-11(17)8-13(12)16/h4-5,8,14H,3,6-7,9-10,18H2,1-2H3. The van der Waals surface area contributed by atoms with Crippen LogP contribution in [0.4, 0.5) is 4.39 Å². The van der Waals surface area contributed by atoms with E-state index in [1.807, 2.05) is 0 Å². The van der Waals surface area contributed by atoms with Crippen LogP contribution in [0.1, 0.15) is 31.4 Å². The molecule has 0 amide bonds. The number of methoxy groups -OCH3 is 1. The van der Waals surface area contributed by atoms with Crippen molar-refractivity contribution in [3.8, 4) is 0 Å². The van der Waals surface area contributed by atoms with Gasteiger partial charge in [-0.25, -0.2) is 4.39 Å². The fourth-order valence-corrected chi connectivity index (χ4v) is 3.21. The predicted molar refractivity (Wildman–Crippen MR) is 79.4 cm³/mol. The first-order valence-corrected chi connectivity index (χ1v) is 7.31. The minimum Gasteiger partial charge on any atom is -0.377 e. The molecule has 20 heavy (non-hydrogen) atoms. The maximum atomic E-state index is 13.2. The molecule has 1 aromatic carbocycles. The lowest BCUT2D eigenvalue weighted by Gasteiger charge is -2.43. The first kappa shape index (κ1) is 15.7. The molecule has 2 N–H and O–H groups in total. The van der Waals surface area contributed by atoms with E-state index < -0.39 is 0 Å². The Balaban J connectivity index is 2.23. The van der Waals surface area contributed by atoms with E-state index in [1.165, 1.54) is 12.1 Å². The topological polar surface area (TPSA) is 38.5 Å². The summed E-state index contributed by atoms with van der Waals surface area (Å²) in [6.07, 6.45) is 2.09. The maximum absolute atomic E-state index is 13.2. The third kappa shape index (κ3) is 3.31. The molecule has 0 radical (unpaired) electrons. The Morgan fingerprint density at radius 2 is 2.30 bits per heavy atom. The van der Waals surface area contributed by atoms with Crippen LogP contribution in [-0.4, -0.2) is 37.2 Å². The number of hydrogen-bond donors (Lipinski definition) is 1. The van der Waals surface area contributed by atoms with Gasteiger partial charge in [0.1, 0.15) is 5.82 Å². The maximum Gasteiger partial charge on any atom is 0.124 e. The summed E-state index contributed by atoms with van der Waals surface area (Å²) in [5.74, 6) is -0.324. The Morgan fingerprint density at radius 1 is 1.55 bits per heavy atom. The number of nitrogens with two attached hydrogens (primary N) is 1. The van der Waals surface area contributed by atoms with Crippen LogP contribution in [0.3, 0.4) is 0 Å². The molecule has 2 unspecified atom stereocenters. The molecule has 5 heteroatoms. The number of nitrogens with zero attached hydrogens (tertiary/aromatic N) is 1. The Labute approximate surface area is 124 Å². The zero-order chi connectivity index (χ0) is 14.8. The number of benzene rings is 1. The van der Waals surface area contributed by atoms with Crippen molar-refractivity contribution in [3.63, 3.8) is 0 Å². The molecule has 0 aliphatic carbocycles. The van der Waals surface area contributed by atoms with Crippen LogP contribution in [0.5, 0.6) is 0 Å². The van der Waals surface area contributed by atoms with Gasteiger partial charge in [0.2, 0.25) is 0 Å². The lowest BCUT2D eigenvalue weighted by Crippen LogP contribution is -2.49. The van der Waals surface area contributed by atoms with Crippen LogP contribution in [0.25, 0.3) is 0 Å². The molecule has 1 fully saturated rings. The highest BCUT2D eigenvalue weighted by Crippen LogP contribution is 2.33. The van der Waals surface area contributed by atoms with Crippen molar-refractivity contribution < 1.29 is 9.13 Å². The second-order valence-corrected chi connectivity index (χ2v) is 6.05. The number of rotatable bonds is 4. The first-order valence-electron chi connectivity index (χ1n) is 6.93. The van der Waals surface area contributed by atoms with Crippen molar-refractivity contribution in [2.45, 2.75) is 31.4 Å². The van der Waals surface area contributed by atoms with Crippen molar-refractivity contribution in [2.24, 2.45) is 5.73 Å². The average Bonchev–Trinajstić information content (AvgIpc) is 2.42. The molecule has 1 aromatic rings. The van der Waals surface area contributed by atoms with Gasteiger partial charge in [-0.05, 0) is 44.0 Å². The Kier molecular flexibility index (Phi) is 5.02. The average molecular weight is 301 g/mol. The van der Waals surface area contributed by atoms with Crippen molar-refractivity contribution in [2.75, 3.05) is 26.7 Å². The number of piperidine rings is 1. The summed E-state index contributed by atoms with van der Waals surface area (Å²) >= 11 is 6.17. The molecule has 1 saturated heterocycles. The van der Waals surface area contributed by atoms with Gasteiger partial charge in [0.15, 0.2) is 0 Å². The van der Waals surface area contributed by atoms with E-state index in [0.717, 1.165) is 31.5 Å². The molecule has 3 nitrogen and oxygen atoms in total. The molecular formula is C15H22ClFN2O. The molecule has 0 spiro atoms. The zero-order valence-electron chi connectivity index (χ0n) is 12.0. The number of likely N-dealkylation sites (tertiary alicyclic amines) is 1. The van der Waals surface area contributed by atoms with Crippen LogP contribution in [0, 0.1) is 5.82 Å². The third-order valence-electron chi connectivity index (χ3n) is 4.17. The summed E-state index contributed by atoms with van der Waals surface area (Å²) in [6.45, 7) is 4.32. The van der Waals surface area contributed by atoms with Gasteiger partial charge in [0, 0.05) is 31.3 Å². The SMILES string of the molecule is COC1(C)CCCN(C(CN)c2ccc(F)cc2Cl)C1. The summed E-state index contributed by atoms with van der Waals surface area (Å²) in [7, 11) is 1.74. The van der Waals surface area contributed by atoms with Gasteiger partial charge in [0.25, 0.3) is 0 Å². The molecule has 2 rings (SSSR count).